The number of carbonyl (C=O) groups is 1. The van der Waals surface area contributed by atoms with Gasteiger partial charge in [-0.3, -0.25) is 14.4 Å². The lowest BCUT2D eigenvalue weighted by atomic mass is 9.95. The molecule has 0 saturated carbocycles. The second-order valence-corrected chi connectivity index (χ2v) is 6.66. The van der Waals surface area contributed by atoms with Crippen molar-refractivity contribution in [1.29, 1.82) is 0 Å². The highest BCUT2D eigenvalue weighted by Crippen LogP contribution is 2.21. The average Bonchev–Trinajstić information content (AvgIpc) is 3.24. The van der Waals surface area contributed by atoms with E-state index in [0.29, 0.717) is 0 Å². The van der Waals surface area contributed by atoms with E-state index in [1.165, 1.54) is 5.56 Å². The van der Waals surface area contributed by atoms with E-state index in [2.05, 4.69) is 10.00 Å². The van der Waals surface area contributed by atoms with Crippen LogP contribution in [0.5, 0.6) is 0 Å². The van der Waals surface area contributed by atoms with Gasteiger partial charge in [-0.25, -0.2) is 0 Å². The molecule has 6 nitrogen and oxygen atoms in total. The zero-order valence-electron chi connectivity index (χ0n) is 14.5. The summed E-state index contributed by atoms with van der Waals surface area (Å²) in [6.45, 7) is 3.49. The van der Waals surface area contributed by atoms with Gasteiger partial charge in [0.15, 0.2) is 0 Å². The Hall–Kier alpha value is -2.08. The van der Waals surface area contributed by atoms with E-state index in [4.69, 9.17) is 4.42 Å². The molecule has 0 spiro atoms. The van der Waals surface area contributed by atoms with Gasteiger partial charge in [0, 0.05) is 32.8 Å². The van der Waals surface area contributed by atoms with E-state index in [9.17, 15) is 4.79 Å². The molecule has 0 aromatic carbocycles. The maximum Gasteiger partial charge on any atom is 0.225 e. The summed E-state index contributed by atoms with van der Waals surface area (Å²) in [5, 5.41) is 4.17. The van der Waals surface area contributed by atoms with E-state index in [1.807, 2.05) is 43.5 Å². The molecule has 0 radical (unpaired) electrons. The van der Waals surface area contributed by atoms with E-state index in [-0.39, 0.29) is 11.8 Å². The van der Waals surface area contributed by atoms with Crippen LogP contribution in [-0.4, -0.2) is 52.2 Å². The first-order valence-corrected chi connectivity index (χ1v) is 8.59. The molecule has 1 fully saturated rings. The van der Waals surface area contributed by atoms with E-state index in [0.717, 1.165) is 51.2 Å². The summed E-state index contributed by atoms with van der Waals surface area (Å²) in [7, 11) is 3.82. The Balaban J connectivity index is 1.42. The van der Waals surface area contributed by atoms with Crippen molar-refractivity contribution in [2.45, 2.75) is 25.8 Å². The molecule has 2 aromatic rings. The van der Waals surface area contributed by atoms with E-state index < -0.39 is 0 Å². The van der Waals surface area contributed by atoms with Crippen molar-refractivity contribution in [3.05, 3.63) is 42.1 Å². The largest absolute Gasteiger partial charge is 0.468 e. The molecular formula is C18H26N4O2. The molecule has 2 aromatic heterocycles. The standard InChI is InChI=1S/C18H26N4O2/c1-20(8-5-15-12-19-21(2)13-15)18(23)16-6-9-22(10-7-16)14-17-4-3-11-24-17/h3-4,11-13,16H,5-10,14H2,1-2H3. The zero-order chi connectivity index (χ0) is 16.9. The minimum absolute atomic E-state index is 0.150. The first kappa shape index (κ1) is 16.8. The van der Waals surface area contributed by atoms with Crippen molar-refractivity contribution in [2.24, 2.45) is 13.0 Å². The third kappa shape index (κ3) is 4.26. The average molecular weight is 330 g/mol. The van der Waals surface area contributed by atoms with Gasteiger partial charge in [-0.2, -0.15) is 5.10 Å². The van der Waals surface area contributed by atoms with E-state index >= 15 is 0 Å². The van der Waals surface area contributed by atoms with Crippen LogP contribution in [0.2, 0.25) is 0 Å². The summed E-state index contributed by atoms with van der Waals surface area (Å²) in [5.74, 6) is 1.42. The van der Waals surface area contributed by atoms with Gasteiger partial charge in [0.05, 0.1) is 19.0 Å². The van der Waals surface area contributed by atoms with Crippen LogP contribution < -0.4 is 0 Å². The molecule has 0 bridgehead atoms. The van der Waals surface area contributed by atoms with Gasteiger partial charge in [-0.05, 0) is 50.0 Å². The van der Waals surface area contributed by atoms with Crippen LogP contribution in [0.4, 0.5) is 0 Å². The maximum atomic E-state index is 12.6. The summed E-state index contributed by atoms with van der Waals surface area (Å²) in [6, 6.07) is 3.92. The van der Waals surface area contributed by atoms with Gasteiger partial charge < -0.3 is 9.32 Å². The molecule has 0 N–H and O–H groups in total. The minimum atomic E-state index is 0.150. The lowest BCUT2D eigenvalue weighted by Gasteiger charge is -2.32. The van der Waals surface area contributed by atoms with Crippen LogP contribution in [0.3, 0.4) is 0 Å². The third-order valence-corrected chi connectivity index (χ3v) is 4.77. The van der Waals surface area contributed by atoms with Crippen LogP contribution in [0.15, 0.2) is 35.2 Å². The zero-order valence-corrected chi connectivity index (χ0v) is 14.5. The summed E-state index contributed by atoms with van der Waals surface area (Å²) in [4.78, 5) is 16.9. The van der Waals surface area contributed by atoms with Crippen molar-refractivity contribution < 1.29 is 9.21 Å². The Labute approximate surface area is 143 Å². The smallest absolute Gasteiger partial charge is 0.225 e. The van der Waals surface area contributed by atoms with Crippen LogP contribution in [0.25, 0.3) is 0 Å². The van der Waals surface area contributed by atoms with E-state index in [1.54, 1.807) is 10.9 Å². The lowest BCUT2D eigenvalue weighted by Crippen LogP contribution is -2.41. The molecule has 130 valence electrons. The van der Waals surface area contributed by atoms with Gasteiger partial charge in [0.2, 0.25) is 5.91 Å². The third-order valence-electron chi connectivity index (χ3n) is 4.77. The van der Waals surface area contributed by atoms with Gasteiger partial charge >= 0.3 is 0 Å². The van der Waals surface area contributed by atoms with Crippen molar-refractivity contribution in [3.8, 4) is 0 Å². The van der Waals surface area contributed by atoms with Crippen LogP contribution in [0.1, 0.15) is 24.2 Å². The first-order valence-electron chi connectivity index (χ1n) is 8.59. The topological polar surface area (TPSA) is 54.5 Å². The van der Waals surface area contributed by atoms with Gasteiger partial charge in [-0.1, -0.05) is 0 Å². The molecule has 0 aliphatic carbocycles. The van der Waals surface area contributed by atoms with Crippen molar-refractivity contribution in [3.63, 3.8) is 0 Å². The number of amides is 1. The molecule has 6 heteroatoms. The highest BCUT2D eigenvalue weighted by molar-refractivity contribution is 5.78. The first-order chi connectivity index (χ1) is 11.6. The summed E-state index contributed by atoms with van der Waals surface area (Å²) in [6.07, 6.45) is 8.29. The SMILES string of the molecule is CN(CCc1cnn(C)c1)C(=O)C1CCN(Cc2ccco2)CC1. The van der Waals surface area contributed by atoms with Crippen molar-refractivity contribution >= 4 is 5.91 Å². The molecule has 1 amide bonds. The second-order valence-electron chi connectivity index (χ2n) is 6.66. The molecule has 0 unspecified atom stereocenters. The quantitative estimate of drug-likeness (QED) is 0.812. The predicted octanol–water partition coefficient (Wildman–Crippen LogP) is 1.93. The van der Waals surface area contributed by atoms with Crippen LogP contribution in [-0.2, 0) is 24.8 Å². The number of carbonyl (C=O) groups excluding carboxylic acids is 1. The molecule has 1 aliphatic rings. The molecule has 1 aliphatic heterocycles. The number of aromatic nitrogens is 2. The number of aryl methyl sites for hydroxylation is 1. The van der Waals surface area contributed by atoms with Crippen LogP contribution >= 0.6 is 0 Å². The Bertz CT molecular complexity index is 642. The fraction of sp³-hybridized carbons (Fsp3) is 0.556. The molecule has 3 heterocycles. The van der Waals surface area contributed by atoms with Crippen LogP contribution in [0, 0.1) is 5.92 Å². The summed E-state index contributed by atoms with van der Waals surface area (Å²) < 4.78 is 7.20. The highest BCUT2D eigenvalue weighted by Gasteiger charge is 2.27. The van der Waals surface area contributed by atoms with Crippen molar-refractivity contribution in [2.75, 3.05) is 26.7 Å². The number of likely N-dealkylation sites (tertiary alicyclic amines) is 1. The Kier molecular flexibility index (Phi) is 5.35. The Morgan fingerprint density at radius 2 is 2.21 bits per heavy atom. The number of rotatable bonds is 6. The Morgan fingerprint density at radius 1 is 1.42 bits per heavy atom. The van der Waals surface area contributed by atoms with Gasteiger partial charge in [-0.15, -0.1) is 0 Å². The summed E-state index contributed by atoms with van der Waals surface area (Å²) in [5.41, 5.74) is 1.17. The fourth-order valence-electron chi connectivity index (χ4n) is 3.28. The highest BCUT2D eigenvalue weighted by atomic mass is 16.3. The number of piperidine rings is 1. The van der Waals surface area contributed by atoms with Gasteiger partial charge in [0.25, 0.3) is 0 Å². The predicted molar refractivity (Wildman–Crippen MR) is 91.3 cm³/mol. The maximum absolute atomic E-state index is 12.6. The molecule has 0 atom stereocenters. The number of nitrogens with zero attached hydrogens (tertiary/aromatic N) is 4. The normalized spacial score (nSPS) is 16.4. The lowest BCUT2D eigenvalue weighted by molar-refractivity contribution is -0.135. The number of hydrogen-bond donors (Lipinski definition) is 0. The number of furan rings is 1. The van der Waals surface area contributed by atoms with Gasteiger partial charge in [0.1, 0.15) is 5.76 Å². The molecule has 3 rings (SSSR count). The number of likely N-dealkylation sites (N-methyl/N-ethyl adjacent to an activating group) is 1. The number of hydrogen-bond acceptors (Lipinski definition) is 4. The van der Waals surface area contributed by atoms with Crippen molar-refractivity contribution in [1.82, 2.24) is 19.6 Å². The summed E-state index contributed by atoms with van der Waals surface area (Å²) >= 11 is 0. The minimum Gasteiger partial charge on any atom is -0.468 e. The second kappa shape index (κ2) is 7.66. The fourth-order valence-corrected chi connectivity index (χ4v) is 3.28. The molecular weight excluding hydrogens is 304 g/mol. The Morgan fingerprint density at radius 3 is 2.83 bits per heavy atom. The molecule has 24 heavy (non-hydrogen) atoms. The monoisotopic (exact) mass is 330 g/mol. The molecule has 1 saturated heterocycles.